The zero-order chi connectivity index (χ0) is 20.0. The van der Waals surface area contributed by atoms with Gasteiger partial charge in [-0.15, -0.1) is 0 Å². The first-order valence-electron chi connectivity index (χ1n) is 9.54. The molecule has 4 aromatic rings. The van der Waals surface area contributed by atoms with Crippen LogP contribution in [0.15, 0.2) is 60.9 Å². The predicted octanol–water partition coefficient (Wildman–Crippen LogP) is 4.61. The molecule has 1 aliphatic rings. The van der Waals surface area contributed by atoms with Gasteiger partial charge in [-0.25, -0.2) is 0 Å². The standard InChI is InChI=1S/C24H20N2O3/c1-28-20-14-17-9-12-26(24(27)15-7-10-25-11-8-15)19-13-16-5-3-4-6-18(16)22(21(17)19)23(20)29-2/h3-8,10-11,13-14H,9,12H2,1-2H3. The number of hydrogen-bond acceptors (Lipinski definition) is 4. The number of fused-ring (bicyclic) bond motifs is 2. The highest BCUT2D eigenvalue weighted by atomic mass is 16.5. The van der Waals surface area contributed by atoms with Crippen molar-refractivity contribution in [2.45, 2.75) is 6.42 Å². The van der Waals surface area contributed by atoms with Gasteiger partial charge in [0.25, 0.3) is 5.91 Å². The zero-order valence-corrected chi connectivity index (χ0v) is 16.3. The van der Waals surface area contributed by atoms with Gasteiger partial charge in [-0.2, -0.15) is 0 Å². The summed E-state index contributed by atoms with van der Waals surface area (Å²) in [6.45, 7) is 0.608. The number of methoxy groups -OCH3 is 2. The first-order chi connectivity index (χ1) is 14.2. The number of carbonyl (C=O) groups is 1. The first kappa shape index (κ1) is 17.5. The third-order valence-electron chi connectivity index (χ3n) is 5.60. The molecule has 5 heteroatoms. The number of amides is 1. The van der Waals surface area contributed by atoms with Crippen molar-refractivity contribution in [2.75, 3.05) is 25.7 Å². The predicted molar refractivity (Wildman–Crippen MR) is 114 cm³/mol. The third-order valence-corrected chi connectivity index (χ3v) is 5.60. The second-order valence-electron chi connectivity index (χ2n) is 7.08. The maximum Gasteiger partial charge on any atom is 0.258 e. The van der Waals surface area contributed by atoms with E-state index in [4.69, 9.17) is 9.47 Å². The summed E-state index contributed by atoms with van der Waals surface area (Å²) in [5, 5.41) is 4.18. The van der Waals surface area contributed by atoms with Crippen LogP contribution >= 0.6 is 0 Å². The second kappa shape index (κ2) is 6.78. The van der Waals surface area contributed by atoms with Gasteiger partial charge in [-0.05, 0) is 47.0 Å². The zero-order valence-electron chi connectivity index (χ0n) is 16.3. The molecular weight excluding hydrogens is 364 g/mol. The van der Waals surface area contributed by atoms with Crippen molar-refractivity contribution >= 4 is 33.1 Å². The van der Waals surface area contributed by atoms with Crippen molar-refractivity contribution in [2.24, 2.45) is 0 Å². The molecule has 3 aromatic carbocycles. The van der Waals surface area contributed by atoms with E-state index in [0.29, 0.717) is 23.6 Å². The molecule has 5 nitrogen and oxygen atoms in total. The van der Waals surface area contributed by atoms with Crippen LogP contribution in [0.5, 0.6) is 11.5 Å². The van der Waals surface area contributed by atoms with E-state index in [1.807, 2.05) is 23.1 Å². The van der Waals surface area contributed by atoms with Crippen LogP contribution in [-0.2, 0) is 6.42 Å². The lowest BCUT2D eigenvalue weighted by Gasteiger charge is -2.31. The van der Waals surface area contributed by atoms with Crippen LogP contribution in [-0.4, -0.2) is 31.7 Å². The summed E-state index contributed by atoms with van der Waals surface area (Å²) in [5.74, 6) is 1.39. The SMILES string of the molecule is COc1cc2c3c(cc4ccccc4c3c1OC)N(C(=O)c1ccncc1)CC2. The average Bonchev–Trinajstić information content (AvgIpc) is 2.79. The molecule has 1 aromatic heterocycles. The Morgan fingerprint density at radius 2 is 1.79 bits per heavy atom. The Labute approximate surface area is 168 Å². The third kappa shape index (κ3) is 2.62. The van der Waals surface area contributed by atoms with E-state index in [1.165, 1.54) is 0 Å². The van der Waals surface area contributed by atoms with Gasteiger partial charge in [0.2, 0.25) is 0 Å². The van der Waals surface area contributed by atoms with Crippen molar-refractivity contribution in [1.82, 2.24) is 4.98 Å². The number of nitrogens with zero attached hydrogens (tertiary/aromatic N) is 2. The Balaban J connectivity index is 1.85. The van der Waals surface area contributed by atoms with E-state index >= 15 is 0 Å². The van der Waals surface area contributed by atoms with E-state index in [-0.39, 0.29) is 5.91 Å². The lowest BCUT2D eigenvalue weighted by atomic mass is 9.90. The molecule has 0 atom stereocenters. The first-order valence-corrected chi connectivity index (χ1v) is 9.54. The quantitative estimate of drug-likeness (QED) is 0.484. The van der Waals surface area contributed by atoms with Crippen molar-refractivity contribution in [3.63, 3.8) is 0 Å². The minimum Gasteiger partial charge on any atom is -0.493 e. The van der Waals surface area contributed by atoms with Gasteiger partial charge in [-0.3, -0.25) is 9.78 Å². The van der Waals surface area contributed by atoms with Gasteiger partial charge >= 0.3 is 0 Å². The van der Waals surface area contributed by atoms with Crippen LogP contribution in [0, 0.1) is 0 Å². The summed E-state index contributed by atoms with van der Waals surface area (Å²) in [6, 6.07) is 15.8. The molecule has 29 heavy (non-hydrogen) atoms. The fraction of sp³-hybridized carbons (Fsp3) is 0.167. The van der Waals surface area contributed by atoms with Gasteiger partial charge in [-0.1, -0.05) is 24.3 Å². The number of aromatic nitrogens is 1. The highest BCUT2D eigenvalue weighted by Crippen LogP contribution is 2.47. The van der Waals surface area contributed by atoms with E-state index in [9.17, 15) is 4.79 Å². The topological polar surface area (TPSA) is 51.7 Å². The summed E-state index contributed by atoms with van der Waals surface area (Å²) < 4.78 is 11.4. The molecular formula is C24H20N2O3. The van der Waals surface area contributed by atoms with Crippen molar-refractivity contribution in [3.05, 3.63) is 72.1 Å². The van der Waals surface area contributed by atoms with Crippen molar-refractivity contribution < 1.29 is 14.3 Å². The fourth-order valence-corrected chi connectivity index (χ4v) is 4.29. The van der Waals surface area contributed by atoms with Crippen LogP contribution in [0.2, 0.25) is 0 Å². The van der Waals surface area contributed by atoms with Gasteiger partial charge < -0.3 is 14.4 Å². The lowest BCUT2D eigenvalue weighted by Crippen LogP contribution is -2.35. The number of ether oxygens (including phenoxy) is 2. The molecule has 1 amide bonds. The fourth-order valence-electron chi connectivity index (χ4n) is 4.29. The Kier molecular flexibility index (Phi) is 4.09. The normalized spacial score (nSPS) is 13.0. The van der Waals surface area contributed by atoms with Gasteiger partial charge in [0.05, 0.1) is 19.9 Å². The summed E-state index contributed by atoms with van der Waals surface area (Å²) in [5.41, 5.74) is 2.70. The molecule has 0 saturated carbocycles. The molecule has 144 valence electrons. The van der Waals surface area contributed by atoms with Crippen LogP contribution in [0.3, 0.4) is 0 Å². The molecule has 0 aliphatic carbocycles. The Morgan fingerprint density at radius 3 is 2.55 bits per heavy atom. The van der Waals surface area contributed by atoms with Crippen molar-refractivity contribution in [3.8, 4) is 11.5 Å². The van der Waals surface area contributed by atoms with Crippen LogP contribution in [0.1, 0.15) is 15.9 Å². The number of anilines is 1. The Morgan fingerprint density at radius 1 is 1.00 bits per heavy atom. The van der Waals surface area contributed by atoms with Crippen LogP contribution in [0.4, 0.5) is 5.69 Å². The monoisotopic (exact) mass is 384 g/mol. The molecule has 5 rings (SSSR count). The smallest absolute Gasteiger partial charge is 0.258 e. The summed E-state index contributed by atoms with van der Waals surface area (Å²) in [7, 11) is 3.31. The molecule has 2 heterocycles. The summed E-state index contributed by atoms with van der Waals surface area (Å²) >= 11 is 0. The highest BCUT2D eigenvalue weighted by Gasteiger charge is 2.28. The maximum atomic E-state index is 13.3. The number of pyridine rings is 1. The molecule has 0 radical (unpaired) electrons. The molecule has 0 unspecified atom stereocenters. The number of rotatable bonds is 3. The van der Waals surface area contributed by atoms with E-state index in [2.05, 4.69) is 23.2 Å². The number of carbonyl (C=O) groups excluding carboxylic acids is 1. The summed E-state index contributed by atoms with van der Waals surface area (Å²) in [4.78, 5) is 19.2. The lowest BCUT2D eigenvalue weighted by molar-refractivity contribution is 0.0987. The number of benzene rings is 3. The maximum absolute atomic E-state index is 13.3. The van der Waals surface area contributed by atoms with Gasteiger partial charge in [0, 0.05) is 35.3 Å². The van der Waals surface area contributed by atoms with Crippen LogP contribution in [0.25, 0.3) is 21.5 Å². The molecule has 1 aliphatic heterocycles. The van der Waals surface area contributed by atoms with Crippen molar-refractivity contribution in [1.29, 1.82) is 0 Å². The Hall–Kier alpha value is -3.60. The molecule has 0 spiro atoms. The van der Waals surface area contributed by atoms with Gasteiger partial charge in [0.15, 0.2) is 11.5 Å². The molecule has 0 N–H and O–H groups in total. The van der Waals surface area contributed by atoms with Crippen LogP contribution < -0.4 is 14.4 Å². The van der Waals surface area contributed by atoms with E-state index < -0.39 is 0 Å². The molecule has 0 bridgehead atoms. The summed E-state index contributed by atoms with van der Waals surface area (Å²) in [6.07, 6.45) is 4.04. The highest BCUT2D eigenvalue weighted by molar-refractivity contribution is 6.21. The molecule has 0 saturated heterocycles. The van der Waals surface area contributed by atoms with E-state index in [0.717, 1.165) is 39.2 Å². The van der Waals surface area contributed by atoms with Gasteiger partial charge in [0.1, 0.15) is 0 Å². The minimum atomic E-state index is -0.0237. The largest absolute Gasteiger partial charge is 0.493 e. The van der Waals surface area contributed by atoms with E-state index in [1.54, 1.807) is 38.7 Å². The second-order valence-corrected chi connectivity index (χ2v) is 7.08. The molecule has 0 fully saturated rings. The minimum absolute atomic E-state index is 0.0237. The number of hydrogen-bond donors (Lipinski definition) is 0. The Bertz CT molecular complexity index is 1250. The average molecular weight is 384 g/mol.